The molecule has 0 radical (unpaired) electrons. The number of benzene rings is 3. The Morgan fingerprint density at radius 1 is 0.358 bits per heavy atom. The van der Waals surface area contributed by atoms with Crippen molar-refractivity contribution in [3.63, 3.8) is 0 Å². The van der Waals surface area contributed by atoms with Gasteiger partial charge in [-0.25, -0.2) is 20.2 Å². The highest BCUT2D eigenvalue weighted by Gasteiger charge is 2.37. The molecular formula is C118H154Cl4N8O2S5. The number of carbonyl (C=O) groups excluding carboxylic acids is 2. The van der Waals surface area contributed by atoms with Crippen LogP contribution in [0.2, 0.25) is 20.1 Å². The number of carbonyl (C=O) groups is 2. The smallest absolute Gasteiger partial charge is 0.270 e. The molecule has 0 spiro atoms. The Hall–Kier alpha value is -6.70. The number of ketones is 2. The van der Waals surface area contributed by atoms with E-state index in [0.717, 1.165) is 62.6 Å². The average molecular weight is 2020 g/mol. The zero-order chi connectivity index (χ0) is 96.6. The number of halogens is 4. The summed E-state index contributed by atoms with van der Waals surface area (Å²) in [5, 5.41) is 24.6. The first-order valence-corrected chi connectivity index (χ1v) is 59.7. The number of thiophene rings is 4. The number of nitrogens with zero attached hydrogens (tertiary/aromatic N) is 8. The van der Waals surface area contributed by atoms with E-state index < -0.39 is 0 Å². The average Bonchev–Trinajstić information content (AvgIpc) is 1.50. The SMILES string of the molecule is [C-]#[N+]C(C#N)=C1/C(=C/C=C/c2sc3c(sc4c5c6nsnc6c6c7sc8c(CCCCCCCCCCC)c(/C=C/C=C9\C(=O)c%10cc(Cl)c(Cl)cc%10\C9=C(\C#N)[N+]#[C-])sc8c7n(CC(CCCCCCCCCC)CCCCCCCCCCCC)c6c5n(CC(CCCCCCCCCC)CCCCCCCCCCCC)c34)c2CCCCCCCCCCC)C(=O)c2cc(Cl)c(Cl)cc21. The molecule has 0 aliphatic heterocycles. The van der Waals surface area contributed by atoms with E-state index in [1.54, 1.807) is 24.3 Å². The van der Waals surface area contributed by atoms with E-state index in [4.69, 9.17) is 68.3 Å². The Balaban J connectivity index is 1.11. The molecule has 0 fully saturated rings. The van der Waals surface area contributed by atoms with E-state index in [9.17, 15) is 20.1 Å². The van der Waals surface area contributed by atoms with Crippen LogP contribution in [0.5, 0.6) is 0 Å². The second kappa shape index (κ2) is 58.8. The van der Waals surface area contributed by atoms with E-state index in [1.165, 1.54) is 440 Å². The van der Waals surface area contributed by atoms with Crippen LogP contribution < -0.4 is 0 Å². The molecule has 2 atom stereocenters. The van der Waals surface area contributed by atoms with E-state index in [0.29, 0.717) is 45.2 Å². The van der Waals surface area contributed by atoms with Gasteiger partial charge in [0.2, 0.25) is 0 Å². The van der Waals surface area contributed by atoms with Gasteiger partial charge >= 0.3 is 0 Å². The Kier molecular flexibility index (Phi) is 46.8. The lowest BCUT2D eigenvalue weighted by Crippen LogP contribution is -2.14. The van der Waals surface area contributed by atoms with Crippen LogP contribution in [0.25, 0.3) is 105 Å². The minimum Gasteiger partial charge on any atom is -0.337 e. The highest BCUT2D eigenvalue weighted by molar-refractivity contribution is 7.34. The van der Waals surface area contributed by atoms with Crippen molar-refractivity contribution in [3.8, 4) is 12.1 Å². The van der Waals surface area contributed by atoms with Gasteiger partial charge in [-0.15, -0.1) is 45.3 Å². The molecule has 2 aliphatic rings. The number of rotatable bonds is 68. The Bertz CT molecular complexity index is 5620. The number of allylic oxidation sites excluding steroid dienone is 10. The van der Waals surface area contributed by atoms with Gasteiger partial charge in [0.1, 0.15) is 11.0 Å². The molecule has 7 heterocycles. The second-order valence-electron chi connectivity index (χ2n) is 39.8. The summed E-state index contributed by atoms with van der Waals surface area (Å²) in [4.78, 5) is 39.3. The molecule has 10 nitrogen and oxygen atoms in total. The van der Waals surface area contributed by atoms with Gasteiger partial charge in [-0.3, -0.25) is 9.59 Å². The van der Waals surface area contributed by atoms with Crippen LogP contribution in [0.4, 0.5) is 0 Å². The maximum atomic E-state index is 14.8. The lowest BCUT2D eigenvalue weighted by Gasteiger charge is -2.22. The number of aryl methyl sites for hydroxylation is 2. The molecule has 137 heavy (non-hydrogen) atoms. The zero-order valence-corrected chi connectivity index (χ0v) is 90.8. The third kappa shape index (κ3) is 28.9. The first-order chi connectivity index (χ1) is 67.2. The molecule has 7 aromatic heterocycles. The lowest BCUT2D eigenvalue weighted by atomic mass is 9.93. The zero-order valence-electron chi connectivity index (χ0n) is 83.7. The molecule has 0 bridgehead atoms. The van der Waals surface area contributed by atoms with Crippen molar-refractivity contribution in [1.29, 1.82) is 10.5 Å². The van der Waals surface area contributed by atoms with Gasteiger partial charge in [0, 0.05) is 67.0 Å². The van der Waals surface area contributed by atoms with Crippen LogP contribution in [0.1, 0.15) is 467 Å². The maximum absolute atomic E-state index is 14.8. The van der Waals surface area contributed by atoms with Crippen LogP contribution >= 0.6 is 103 Å². The fourth-order valence-corrected chi connectivity index (χ4v) is 28.8. The number of hydrogen-bond acceptors (Lipinski definition) is 11. The van der Waals surface area contributed by atoms with Crippen molar-refractivity contribution in [1.82, 2.24) is 17.9 Å². The Labute approximate surface area is 862 Å². The summed E-state index contributed by atoms with van der Waals surface area (Å²) in [7, 11) is 0. The van der Waals surface area contributed by atoms with E-state index in [2.05, 4.69) is 84.7 Å². The first kappa shape index (κ1) is 109. The Morgan fingerprint density at radius 2 is 0.620 bits per heavy atom. The standard InChI is InChI=1S/C118H154Cl4N8O2S5/c1-9-15-21-27-33-39-43-47-53-59-67-83(65-57-51-45-37-31-25-19-13-5)81-129-107-103(115-109(129)117-113(135-115)85(69-61-55-49-41-35-29-23-17-11-3)99(133-117)73-63-71-87-101(97(79-123)125-7)89-75-93(119)95(121)77-91(89)111(87)131)105-106(128-137-127-105)104-108(107)130(82-84(66-58-52-46-38-32-26-20-14-6)68-60-54-48-44-40-34-28-22-16-10-2)110-116(104)136-114-86(70-62-56-50-42-36-30-24-18-12-4)100(134-118(110)114)74-64-72-88-102(98(80-124)126-8)90-76-94(120)96(122)78-92(90)112(88)132/h63-64,71-78,83-84H,9-62,65-70,81-82H2,1-6H3/b73-63+,74-64+,87-71-,88-72-,101-97-,102-98?. The summed E-state index contributed by atoms with van der Waals surface area (Å²) in [5.74, 6) is 0.249. The highest BCUT2D eigenvalue weighted by Crippen LogP contribution is 2.57. The topological polar surface area (TPSA) is 126 Å². The Morgan fingerprint density at radius 3 is 0.891 bits per heavy atom. The summed E-state index contributed by atoms with van der Waals surface area (Å²) >= 11 is 35.8. The van der Waals surface area contributed by atoms with Crippen molar-refractivity contribution in [2.45, 2.75) is 440 Å². The molecule has 12 rings (SSSR count). The molecule has 19 heteroatoms. The number of Topliss-reactive ketones (excluding diaryl/α,β-unsaturated/α-hetero) is 2. The summed E-state index contributed by atoms with van der Waals surface area (Å²) in [5.41, 5.74) is 12.3. The minimum atomic E-state index is -0.287. The first-order valence-electron chi connectivity index (χ1n) is 54.2. The predicted molar refractivity (Wildman–Crippen MR) is 600 cm³/mol. The van der Waals surface area contributed by atoms with Crippen LogP contribution in [0.3, 0.4) is 0 Å². The normalized spacial score (nSPS) is 14.8. The van der Waals surface area contributed by atoms with Crippen molar-refractivity contribution in [3.05, 3.63) is 157 Å². The summed E-state index contributed by atoms with van der Waals surface area (Å²) in [6.07, 6.45) is 87.0. The summed E-state index contributed by atoms with van der Waals surface area (Å²) in [6.45, 7) is 32.1. The van der Waals surface area contributed by atoms with Crippen LogP contribution in [-0.4, -0.2) is 29.4 Å². The molecule has 0 saturated heterocycles. The summed E-state index contributed by atoms with van der Waals surface area (Å²) in [6, 6.07) is 10.7. The molecule has 0 amide bonds. The third-order valence-corrected chi connectivity index (χ3v) is 36.5. The van der Waals surface area contributed by atoms with Gasteiger partial charge in [-0.2, -0.15) is 8.75 Å². The van der Waals surface area contributed by atoms with Crippen molar-refractivity contribution in [2.75, 3.05) is 0 Å². The monoisotopic (exact) mass is 2010 g/mol. The van der Waals surface area contributed by atoms with E-state index in [-0.39, 0.29) is 54.2 Å². The van der Waals surface area contributed by atoms with Crippen molar-refractivity contribution >= 4 is 210 Å². The van der Waals surface area contributed by atoms with Gasteiger partial charge in [-0.05, 0) is 122 Å². The van der Waals surface area contributed by atoms with Gasteiger partial charge in [0.05, 0.1) is 107 Å². The third-order valence-electron chi connectivity index (χ3n) is 29.4. The predicted octanol–water partition coefficient (Wildman–Crippen LogP) is 42.1. The number of nitriles is 2. The molecule has 2 unspecified atom stereocenters. The molecule has 0 N–H and O–H groups in total. The van der Waals surface area contributed by atoms with Crippen molar-refractivity contribution in [2.24, 2.45) is 11.8 Å². The second-order valence-corrected chi connectivity index (χ2v) is 46.1. The largest absolute Gasteiger partial charge is 0.337 e. The number of unbranched alkanes of at least 4 members (excludes halogenated alkanes) is 48. The fourth-order valence-electron chi connectivity index (χ4n) is 21.7. The molecule has 10 aromatic rings. The fraction of sp³-hybridized carbons (Fsp3) is 0.593. The van der Waals surface area contributed by atoms with Gasteiger partial charge < -0.3 is 9.13 Å². The number of aromatic nitrogens is 4. The van der Waals surface area contributed by atoms with Gasteiger partial charge in [-0.1, -0.05) is 446 Å². The van der Waals surface area contributed by atoms with Crippen LogP contribution in [0, 0.1) is 47.6 Å². The van der Waals surface area contributed by atoms with E-state index >= 15 is 0 Å². The van der Waals surface area contributed by atoms with Crippen LogP contribution in [0.15, 0.2) is 71.1 Å². The van der Waals surface area contributed by atoms with E-state index in [1.807, 2.05) is 69.7 Å². The number of hydrogen-bond donors (Lipinski definition) is 0. The molecule has 736 valence electrons. The summed E-state index contributed by atoms with van der Waals surface area (Å²) < 4.78 is 25.0. The van der Waals surface area contributed by atoms with Crippen LogP contribution in [-0.2, 0) is 25.9 Å². The minimum absolute atomic E-state index is 0.160. The lowest BCUT2D eigenvalue weighted by molar-refractivity contribution is 0.103. The highest BCUT2D eigenvalue weighted by atomic mass is 35.5. The molecular weight excluding hydrogens is 1860 g/mol. The molecule has 3 aromatic carbocycles. The van der Waals surface area contributed by atoms with Gasteiger partial charge in [0.25, 0.3) is 11.4 Å². The van der Waals surface area contributed by atoms with Gasteiger partial charge in [0.15, 0.2) is 11.6 Å². The molecule has 0 saturated carbocycles. The quantitative estimate of drug-likeness (QED) is 0.0162. The van der Waals surface area contributed by atoms with Crippen molar-refractivity contribution < 1.29 is 9.59 Å². The molecule has 2 aliphatic carbocycles. The maximum Gasteiger partial charge on any atom is 0.270 e. The number of fused-ring (bicyclic) bond motifs is 16.